The minimum absolute atomic E-state index is 0.317. The SMILES string of the molecule is COc1ncnc2c1CNC2C. The van der Waals surface area contributed by atoms with Crippen LogP contribution in [0.2, 0.25) is 0 Å². The molecule has 0 saturated carbocycles. The minimum atomic E-state index is 0.317. The lowest BCUT2D eigenvalue weighted by atomic mass is 10.2. The zero-order valence-corrected chi connectivity index (χ0v) is 7.16. The molecule has 1 atom stereocenters. The van der Waals surface area contributed by atoms with E-state index in [1.807, 2.05) is 0 Å². The minimum Gasteiger partial charge on any atom is -0.481 e. The maximum atomic E-state index is 5.11. The number of hydrogen-bond donors (Lipinski definition) is 1. The Balaban J connectivity index is 2.50. The van der Waals surface area contributed by atoms with Crippen molar-refractivity contribution in [1.82, 2.24) is 15.3 Å². The highest BCUT2D eigenvalue weighted by atomic mass is 16.5. The van der Waals surface area contributed by atoms with Crippen molar-refractivity contribution >= 4 is 0 Å². The average molecular weight is 165 g/mol. The smallest absolute Gasteiger partial charge is 0.220 e. The van der Waals surface area contributed by atoms with Crippen LogP contribution in [0, 0.1) is 0 Å². The molecule has 0 saturated heterocycles. The summed E-state index contributed by atoms with van der Waals surface area (Å²) in [6.45, 7) is 2.89. The largest absolute Gasteiger partial charge is 0.481 e. The third-order valence-corrected chi connectivity index (χ3v) is 2.13. The summed E-state index contributed by atoms with van der Waals surface area (Å²) in [7, 11) is 1.63. The van der Waals surface area contributed by atoms with E-state index in [-0.39, 0.29) is 0 Å². The number of methoxy groups -OCH3 is 1. The highest BCUT2D eigenvalue weighted by molar-refractivity contribution is 5.34. The Hall–Kier alpha value is -1.16. The van der Waals surface area contributed by atoms with Gasteiger partial charge in [-0.05, 0) is 6.92 Å². The highest BCUT2D eigenvalue weighted by Gasteiger charge is 2.22. The number of hydrogen-bond acceptors (Lipinski definition) is 4. The first-order valence-corrected chi connectivity index (χ1v) is 3.94. The van der Waals surface area contributed by atoms with E-state index in [1.54, 1.807) is 13.4 Å². The molecule has 1 aromatic heterocycles. The first kappa shape index (κ1) is 7.49. The molecule has 4 heteroatoms. The van der Waals surface area contributed by atoms with Gasteiger partial charge in [0.1, 0.15) is 6.33 Å². The molecule has 1 aromatic rings. The van der Waals surface area contributed by atoms with Crippen molar-refractivity contribution in [2.75, 3.05) is 7.11 Å². The molecule has 2 heterocycles. The van der Waals surface area contributed by atoms with Crippen LogP contribution in [0.25, 0.3) is 0 Å². The normalized spacial score (nSPS) is 20.7. The van der Waals surface area contributed by atoms with Crippen molar-refractivity contribution in [1.29, 1.82) is 0 Å². The Morgan fingerprint density at radius 2 is 2.42 bits per heavy atom. The van der Waals surface area contributed by atoms with E-state index < -0.39 is 0 Å². The third kappa shape index (κ3) is 0.956. The summed E-state index contributed by atoms with van der Waals surface area (Å²) >= 11 is 0. The molecule has 0 spiro atoms. The Morgan fingerprint density at radius 1 is 1.58 bits per heavy atom. The standard InChI is InChI=1S/C8H11N3O/c1-5-7-6(3-9-5)8(12-2)11-4-10-7/h4-5,9H,3H2,1-2H3. The zero-order chi connectivity index (χ0) is 8.55. The Labute approximate surface area is 71.0 Å². The second-order valence-corrected chi connectivity index (χ2v) is 2.85. The molecule has 0 aromatic carbocycles. The molecule has 4 nitrogen and oxygen atoms in total. The van der Waals surface area contributed by atoms with Gasteiger partial charge in [0.15, 0.2) is 0 Å². The molecule has 0 bridgehead atoms. The van der Waals surface area contributed by atoms with Crippen LogP contribution in [0.3, 0.4) is 0 Å². The first-order chi connectivity index (χ1) is 5.83. The van der Waals surface area contributed by atoms with Crippen LogP contribution in [-0.4, -0.2) is 17.1 Å². The van der Waals surface area contributed by atoms with Crippen molar-refractivity contribution in [2.45, 2.75) is 19.5 Å². The summed E-state index contributed by atoms with van der Waals surface area (Å²) in [4.78, 5) is 8.23. The lowest BCUT2D eigenvalue weighted by molar-refractivity contribution is 0.391. The van der Waals surface area contributed by atoms with E-state index >= 15 is 0 Å². The Morgan fingerprint density at radius 3 is 3.17 bits per heavy atom. The lowest BCUT2D eigenvalue weighted by Gasteiger charge is -2.04. The lowest BCUT2D eigenvalue weighted by Crippen LogP contribution is -2.07. The quantitative estimate of drug-likeness (QED) is 0.663. The number of aromatic nitrogens is 2. The maximum absolute atomic E-state index is 5.11. The molecule has 12 heavy (non-hydrogen) atoms. The molecule has 1 aliphatic heterocycles. The summed E-state index contributed by atoms with van der Waals surface area (Å²) < 4.78 is 5.11. The fraction of sp³-hybridized carbons (Fsp3) is 0.500. The molecule has 0 amide bonds. The molecular formula is C8H11N3O. The van der Waals surface area contributed by atoms with Gasteiger partial charge in [-0.2, -0.15) is 0 Å². The predicted molar refractivity (Wildman–Crippen MR) is 43.8 cm³/mol. The van der Waals surface area contributed by atoms with Gasteiger partial charge in [0.25, 0.3) is 0 Å². The monoisotopic (exact) mass is 165 g/mol. The second-order valence-electron chi connectivity index (χ2n) is 2.85. The fourth-order valence-electron chi connectivity index (χ4n) is 1.48. The van der Waals surface area contributed by atoms with Gasteiger partial charge < -0.3 is 10.1 Å². The van der Waals surface area contributed by atoms with Crippen molar-refractivity contribution in [2.24, 2.45) is 0 Å². The number of nitrogens with zero attached hydrogens (tertiary/aromatic N) is 2. The summed E-state index contributed by atoms with van der Waals surface area (Å²) in [5, 5.41) is 3.28. The molecule has 1 aliphatic rings. The number of rotatable bonds is 1. The summed E-state index contributed by atoms with van der Waals surface area (Å²) in [5.74, 6) is 0.692. The van der Waals surface area contributed by atoms with Gasteiger partial charge in [-0.25, -0.2) is 9.97 Å². The van der Waals surface area contributed by atoms with Crippen molar-refractivity contribution in [3.05, 3.63) is 17.6 Å². The molecule has 0 aliphatic carbocycles. The van der Waals surface area contributed by atoms with Crippen molar-refractivity contribution in [3.8, 4) is 5.88 Å². The van der Waals surface area contributed by atoms with Gasteiger partial charge in [-0.3, -0.25) is 0 Å². The summed E-state index contributed by atoms with van der Waals surface area (Å²) in [5.41, 5.74) is 2.15. The molecule has 0 fully saturated rings. The molecule has 2 rings (SSSR count). The molecule has 0 radical (unpaired) electrons. The third-order valence-electron chi connectivity index (χ3n) is 2.13. The van der Waals surface area contributed by atoms with Gasteiger partial charge in [0, 0.05) is 12.6 Å². The van der Waals surface area contributed by atoms with E-state index in [0.29, 0.717) is 11.9 Å². The maximum Gasteiger partial charge on any atom is 0.220 e. The predicted octanol–water partition coefficient (Wildman–Crippen LogP) is 0.649. The van der Waals surface area contributed by atoms with Crippen LogP contribution < -0.4 is 10.1 Å². The topological polar surface area (TPSA) is 47.0 Å². The van der Waals surface area contributed by atoms with Gasteiger partial charge in [-0.1, -0.05) is 0 Å². The van der Waals surface area contributed by atoms with E-state index in [9.17, 15) is 0 Å². The average Bonchev–Trinajstić information content (AvgIpc) is 2.48. The number of nitrogens with one attached hydrogen (secondary N) is 1. The fourth-order valence-corrected chi connectivity index (χ4v) is 1.48. The first-order valence-electron chi connectivity index (χ1n) is 3.94. The second kappa shape index (κ2) is 2.71. The van der Waals surface area contributed by atoms with Crippen LogP contribution in [0.1, 0.15) is 24.2 Å². The number of fused-ring (bicyclic) bond motifs is 1. The van der Waals surface area contributed by atoms with Crippen LogP contribution in [-0.2, 0) is 6.54 Å². The van der Waals surface area contributed by atoms with E-state index in [1.165, 1.54) is 0 Å². The molecule has 1 N–H and O–H groups in total. The summed E-state index contributed by atoms with van der Waals surface area (Å²) in [6.07, 6.45) is 1.54. The molecular weight excluding hydrogens is 154 g/mol. The van der Waals surface area contributed by atoms with Gasteiger partial charge in [-0.15, -0.1) is 0 Å². The highest BCUT2D eigenvalue weighted by Crippen LogP contribution is 2.27. The molecule has 64 valence electrons. The Kier molecular flexibility index (Phi) is 1.69. The summed E-state index contributed by atoms with van der Waals surface area (Å²) in [6, 6.07) is 0.317. The van der Waals surface area contributed by atoms with Gasteiger partial charge in [0.05, 0.1) is 18.4 Å². The number of ether oxygens (including phenoxy) is 1. The zero-order valence-electron chi connectivity index (χ0n) is 7.16. The van der Waals surface area contributed by atoms with E-state index in [2.05, 4.69) is 22.2 Å². The van der Waals surface area contributed by atoms with Gasteiger partial charge >= 0.3 is 0 Å². The van der Waals surface area contributed by atoms with Crippen molar-refractivity contribution < 1.29 is 4.74 Å². The van der Waals surface area contributed by atoms with Gasteiger partial charge in [0.2, 0.25) is 5.88 Å². The van der Waals surface area contributed by atoms with E-state index in [4.69, 9.17) is 4.74 Å². The van der Waals surface area contributed by atoms with Crippen LogP contribution in [0.5, 0.6) is 5.88 Å². The van der Waals surface area contributed by atoms with Crippen LogP contribution >= 0.6 is 0 Å². The van der Waals surface area contributed by atoms with Crippen LogP contribution in [0.4, 0.5) is 0 Å². The van der Waals surface area contributed by atoms with Crippen LogP contribution in [0.15, 0.2) is 6.33 Å². The Bertz CT molecular complexity index is 300. The molecule has 1 unspecified atom stereocenters. The van der Waals surface area contributed by atoms with E-state index in [0.717, 1.165) is 17.8 Å². The van der Waals surface area contributed by atoms with Crippen molar-refractivity contribution in [3.63, 3.8) is 0 Å².